The van der Waals surface area contributed by atoms with Crippen molar-refractivity contribution in [2.24, 2.45) is 12.1 Å². The number of hydrogen-bond donors (Lipinski definition) is 1. The third-order valence-corrected chi connectivity index (χ3v) is 3.54. The lowest BCUT2D eigenvalue weighted by atomic mass is 10.2. The molecule has 0 aliphatic rings. The first kappa shape index (κ1) is 18.3. The first-order valence-corrected chi connectivity index (χ1v) is 7.92. The molecule has 1 heterocycles. The highest BCUT2D eigenvalue weighted by molar-refractivity contribution is 5.81. The van der Waals surface area contributed by atoms with Gasteiger partial charge in [0.25, 0.3) is 5.56 Å². The van der Waals surface area contributed by atoms with Crippen LogP contribution in [-0.2, 0) is 7.05 Å². The summed E-state index contributed by atoms with van der Waals surface area (Å²) in [5.74, 6) is 1.60. The van der Waals surface area contributed by atoms with Gasteiger partial charge in [-0.05, 0) is 37.6 Å². The van der Waals surface area contributed by atoms with Crippen LogP contribution in [0.25, 0.3) is 0 Å². The second-order valence-corrected chi connectivity index (χ2v) is 5.16. The van der Waals surface area contributed by atoms with Gasteiger partial charge in [0.2, 0.25) is 0 Å². The molecule has 0 saturated carbocycles. The Kier molecular flexibility index (Phi) is 5.99. The molecular formula is C17H22N4O4. The fourth-order valence-corrected chi connectivity index (χ4v) is 2.17. The molecule has 25 heavy (non-hydrogen) atoms. The second kappa shape index (κ2) is 8.18. The largest absolute Gasteiger partial charge is 0.493 e. The molecule has 0 radical (unpaired) electrons. The second-order valence-electron chi connectivity index (χ2n) is 5.16. The molecule has 0 atom stereocenters. The molecule has 0 spiro atoms. The van der Waals surface area contributed by atoms with Crippen molar-refractivity contribution < 1.29 is 9.47 Å². The number of benzene rings is 1. The molecule has 0 amide bonds. The molecule has 2 aromatic rings. The molecule has 1 aromatic heterocycles. The maximum absolute atomic E-state index is 11.8. The Morgan fingerprint density at radius 3 is 2.60 bits per heavy atom. The third kappa shape index (κ3) is 4.28. The van der Waals surface area contributed by atoms with Crippen LogP contribution in [0, 0.1) is 0 Å². The molecule has 0 fully saturated rings. The molecule has 1 aromatic carbocycles. The SMILES string of the molecule is CCOc1ccc(C=NN(CC)c2cc(=O)n(C)c(=O)[nH]2)cc1OC. The van der Waals surface area contributed by atoms with Crippen molar-refractivity contribution in [2.75, 3.05) is 25.3 Å². The van der Waals surface area contributed by atoms with E-state index in [4.69, 9.17) is 9.47 Å². The summed E-state index contributed by atoms with van der Waals surface area (Å²) in [6.45, 7) is 4.79. The number of nitrogens with one attached hydrogen (secondary N) is 1. The standard InChI is InChI=1S/C17H22N4O4/c1-5-21(15-10-16(22)20(3)17(23)19-15)18-11-12-7-8-13(25-6-2)14(9-12)24-4/h7-11H,5-6H2,1-4H3,(H,19,23). The minimum Gasteiger partial charge on any atom is -0.493 e. The minimum absolute atomic E-state index is 0.338. The summed E-state index contributed by atoms with van der Waals surface area (Å²) in [7, 11) is 2.98. The molecule has 0 aliphatic heterocycles. The Bertz CT molecular complexity index is 838. The Hall–Kier alpha value is -3.03. The molecular weight excluding hydrogens is 324 g/mol. The molecule has 1 N–H and O–H groups in total. The predicted molar refractivity (Wildman–Crippen MR) is 97.1 cm³/mol. The molecule has 0 bridgehead atoms. The molecule has 8 heteroatoms. The minimum atomic E-state index is -0.487. The van der Waals surface area contributed by atoms with Gasteiger partial charge >= 0.3 is 5.69 Å². The van der Waals surface area contributed by atoms with E-state index in [9.17, 15) is 9.59 Å². The average Bonchev–Trinajstić information content (AvgIpc) is 2.61. The van der Waals surface area contributed by atoms with E-state index in [-0.39, 0.29) is 0 Å². The van der Waals surface area contributed by atoms with E-state index in [0.29, 0.717) is 30.5 Å². The quantitative estimate of drug-likeness (QED) is 0.604. The number of H-pyrrole nitrogens is 1. The summed E-state index contributed by atoms with van der Waals surface area (Å²) in [6, 6.07) is 6.79. The van der Waals surface area contributed by atoms with Gasteiger partial charge in [-0.1, -0.05) is 0 Å². The van der Waals surface area contributed by atoms with Crippen molar-refractivity contribution >= 4 is 12.0 Å². The van der Waals surface area contributed by atoms with Gasteiger partial charge < -0.3 is 9.47 Å². The third-order valence-electron chi connectivity index (χ3n) is 3.54. The molecule has 0 saturated heterocycles. The van der Waals surface area contributed by atoms with Crippen molar-refractivity contribution in [2.45, 2.75) is 13.8 Å². The number of nitrogens with zero attached hydrogens (tertiary/aromatic N) is 3. The Morgan fingerprint density at radius 1 is 1.24 bits per heavy atom. The van der Waals surface area contributed by atoms with E-state index in [2.05, 4.69) is 10.1 Å². The molecule has 2 rings (SSSR count). The van der Waals surface area contributed by atoms with Gasteiger partial charge in [-0.2, -0.15) is 5.10 Å². The number of rotatable bonds is 7. The highest BCUT2D eigenvalue weighted by Gasteiger charge is 2.08. The van der Waals surface area contributed by atoms with Crippen LogP contribution in [0.15, 0.2) is 39.0 Å². The van der Waals surface area contributed by atoms with Crippen LogP contribution >= 0.6 is 0 Å². The summed E-state index contributed by atoms with van der Waals surface area (Å²) in [5.41, 5.74) is -0.0843. The van der Waals surface area contributed by atoms with Gasteiger partial charge in [-0.15, -0.1) is 0 Å². The van der Waals surface area contributed by atoms with Crippen molar-refractivity contribution in [1.82, 2.24) is 9.55 Å². The highest BCUT2D eigenvalue weighted by Crippen LogP contribution is 2.27. The zero-order valence-electron chi connectivity index (χ0n) is 14.8. The molecule has 8 nitrogen and oxygen atoms in total. The maximum Gasteiger partial charge on any atom is 0.329 e. The topological polar surface area (TPSA) is 88.9 Å². The fraction of sp³-hybridized carbons (Fsp3) is 0.353. The average molecular weight is 346 g/mol. The Morgan fingerprint density at radius 2 is 2.00 bits per heavy atom. The van der Waals surface area contributed by atoms with Gasteiger partial charge in [0, 0.05) is 19.7 Å². The number of hydrazone groups is 1. The first-order chi connectivity index (χ1) is 12.0. The van der Waals surface area contributed by atoms with E-state index >= 15 is 0 Å². The number of aromatic amines is 1. The monoisotopic (exact) mass is 346 g/mol. The fourth-order valence-electron chi connectivity index (χ4n) is 2.17. The van der Waals surface area contributed by atoms with Crippen LogP contribution in [0.4, 0.5) is 5.82 Å². The number of methoxy groups -OCH3 is 1. The zero-order valence-corrected chi connectivity index (χ0v) is 14.8. The van der Waals surface area contributed by atoms with Crippen molar-refractivity contribution in [3.05, 3.63) is 50.7 Å². The van der Waals surface area contributed by atoms with Gasteiger partial charge in [0.05, 0.1) is 19.9 Å². The van der Waals surface area contributed by atoms with E-state index in [0.717, 1.165) is 10.1 Å². The summed E-state index contributed by atoms with van der Waals surface area (Å²) < 4.78 is 11.8. The van der Waals surface area contributed by atoms with E-state index in [1.165, 1.54) is 18.1 Å². The number of aromatic nitrogens is 2. The first-order valence-electron chi connectivity index (χ1n) is 7.92. The lowest BCUT2D eigenvalue weighted by Gasteiger charge is -2.16. The number of hydrogen-bond acceptors (Lipinski definition) is 6. The van der Waals surface area contributed by atoms with Gasteiger partial charge in [-0.3, -0.25) is 14.3 Å². The Balaban J connectivity index is 2.30. The van der Waals surface area contributed by atoms with Crippen molar-refractivity contribution in [3.63, 3.8) is 0 Å². The lowest BCUT2D eigenvalue weighted by Crippen LogP contribution is -2.34. The number of ether oxygens (including phenoxy) is 2. The summed E-state index contributed by atoms with van der Waals surface area (Å²) >= 11 is 0. The van der Waals surface area contributed by atoms with Crippen LogP contribution < -0.4 is 25.7 Å². The van der Waals surface area contributed by atoms with Crippen LogP contribution in [0.2, 0.25) is 0 Å². The van der Waals surface area contributed by atoms with Crippen LogP contribution in [0.3, 0.4) is 0 Å². The summed E-state index contributed by atoms with van der Waals surface area (Å²) in [6.07, 6.45) is 1.62. The normalized spacial score (nSPS) is 10.9. The summed E-state index contributed by atoms with van der Waals surface area (Å²) in [4.78, 5) is 26.1. The Labute approximate surface area is 145 Å². The zero-order chi connectivity index (χ0) is 18.4. The lowest BCUT2D eigenvalue weighted by molar-refractivity contribution is 0.311. The molecule has 0 aliphatic carbocycles. The maximum atomic E-state index is 11.8. The van der Waals surface area contributed by atoms with Gasteiger partial charge in [0.1, 0.15) is 5.82 Å². The van der Waals surface area contributed by atoms with Gasteiger partial charge in [-0.25, -0.2) is 9.80 Å². The highest BCUT2D eigenvalue weighted by atomic mass is 16.5. The van der Waals surface area contributed by atoms with Crippen LogP contribution in [0.1, 0.15) is 19.4 Å². The number of anilines is 1. The van der Waals surface area contributed by atoms with E-state index < -0.39 is 11.2 Å². The van der Waals surface area contributed by atoms with Gasteiger partial charge in [0.15, 0.2) is 11.5 Å². The van der Waals surface area contributed by atoms with E-state index in [1.807, 2.05) is 19.9 Å². The molecule has 134 valence electrons. The van der Waals surface area contributed by atoms with Crippen molar-refractivity contribution in [1.29, 1.82) is 0 Å². The predicted octanol–water partition coefficient (Wildman–Crippen LogP) is 1.34. The van der Waals surface area contributed by atoms with Crippen molar-refractivity contribution in [3.8, 4) is 11.5 Å². The van der Waals surface area contributed by atoms with Crippen LogP contribution in [0.5, 0.6) is 11.5 Å². The molecule has 0 unspecified atom stereocenters. The van der Waals surface area contributed by atoms with E-state index in [1.54, 1.807) is 25.5 Å². The van der Waals surface area contributed by atoms with Crippen LogP contribution in [-0.4, -0.2) is 36.0 Å². The summed E-state index contributed by atoms with van der Waals surface area (Å²) in [5, 5.41) is 5.87. The smallest absolute Gasteiger partial charge is 0.329 e.